The molecule has 4 amide bonds. The molecular weight excluding hydrogens is 638 g/mol. The molecule has 1 aromatic heterocycles. The number of nitrogens with one attached hydrogen (secondary N) is 3. The molecule has 50 heavy (non-hydrogen) atoms. The van der Waals surface area contributed by atoms with Crippen LogP contribution in [0.15, 0.2) is 29.4 Å². The largest absolute Gasteiger partial charge is 0.481 e. The molecule has 0 saturated heterocycles. The highest BCUT2D eigenvalue weighted by atomic mass is 16.4. The number of hydrogen-bond donors (Lipinski definition) is 5. The van der Waals surface area contributed by atoms with Crippen molar-refractivity contribution in [1.29, 1.82) is 0 Å². The van der Waals surface area contributed by atoms with Gasteiger partial charge in [0.2, 0.25) is 17.7 Å². The number of aliphatic hydroxyl groups is 1. The van der Waals surface area contributed by atoms with Gasteiger partial charge in [-0.2, -0.15) is 0 Å². The molecule has 1 aromatic rings. The first-order valence-corrected chi connectivity index (χ1v) is 18.7. The molecule has 2 saturated carbocycles. The Bertz CT molecular complexity index is 1290. The maximum absolute atomic E-state index is 13.7. The molecule has 0 radical (unpaired) electrons. The summed E-state index contributed by atoms with van der Waals surface area (Å²) in [5.74, 6) is -2.36. The summed E-state index contributed by atoms with van der Waals surface area (Å²) in [6.07, 6.45) is 9.82. The smallest absolute Gasteiger partial charge is 0.303 e. The number of amides is 4. The molecule has 1 unspecified atom stereocenters. The van der Waals surface area contributed by atoms with E-state index in [-0.39, 0.29) is 67.5 Å². The summed E-state index contributed by atoms with van der Waals surface area (Å²) in [4.78, 5) is 73.0. The quantitative estimate of drug-likeness (QED) is 0.111. The molecule has 0 spiro atoms. The van der Waals surface area contributed by atoms with Gasteiger partial charge in [-0.25, -0.2) is 4.99 Å². The van der Waals surface area contributed by atoms with Gasteiger partial charge in [-0.3, -0.25) is 29.0 Å². The first kappa shape index (κ1) is 40.8. The van der Waals surface area contributed by atoms with Gasteiger partial charge in [0.15, 0.2) is 0 Å². The fourth-order valence-electron chi connectivity index (χ4n) is 6.55. The second-order valence-corrected chi connectivity index (χ2v) is 14.8. The van der Waals surface area contributed by atoms with Crippen molar-refractivity contribution in [2.45, 2.75) is 148 Å². The molecule has 0 aromatic carbocycles. The third kappa shape index (κ3) is 14.7. The number of nitrogens with zero attached hydrogens (tertiary/aromatic N) is 2. The number of aliphatic carboxylic acids is 1. The standard InChI is InChI=1S/C38H59N5O7/c1-5-25(4)36(43-33(45)15-11-16-35(47)48)38(50)42-31(22-27-17-18-27)37(49)41-30(20-24(2)3)32(44)23-34(46)40-29(28-14-9-10-19-39-28)21-26-12-7-6-8-13-26/h9-10,14,19,24-27,29,31-32,36,44H,5-8,11-13,15-18,20-23H2,1-4H3,(H,40,46)(H,42,50)(H,43,45)(H,47,48)/t25-,29?,31-,32-,36-/m0/s1. The summed E-state index contributed by atoms with van der Waals surface area (Å²) in [6.45, 7) is 7.59. The number of hydrogen-bond acceptors (Lipinski definition) is 7. The maximum atomic E-state index is 13.7. The van der Waals surface area contributed by atoms with E-state index >= 15 is 0 Å². The zero-order valence-corrected chi connectivity index (χ0v) is 30.4. The van der Waals surface area contributed by atoms with Gasteiger partial charge in [0.25, 0.3) is 5.91 Å². The number of pyridine rings is 1. The first-order chi connectivity index (χ1) is 23.9. The second kappa shape index (κ2) is 20.9. The van der Waals surface area contributed by atoms with Crippen LogP contribution in [-0.2, 0) is 24.0 Å². The van der Waals surface area contributed by atoms with Crippen LogP contribution in [0.5, 0.6) is 0 Å². The average molecular weight is 698 g/mol. The molecule has 278 valence electrons. The maximum Gasteiger partial charge on any atom is 0.303 e. The predicted octanol–water partition coefficient (Wildman–Crippen LogP) is 5.04. The number of aliphatic imine (C=N–C) groups is 1. The number of aliphatic hydroxyl groups excluding tert-OH is 1. The van der Waals surface area contributed by atoms with E-state index in [1.165, 1.54) is 19.3 Å². The van der Waals surface area contributed by atoms with E-state index in [9.17, 15) is 29.1 Å². The SMILES string of the molecule is CC[C@H](C)[C@H](NC(=O)CCCC(=O)O)C(=O)N[C@@H](CC1CC1)C(=O)N=C(CC(C)C)[C@@H](O)CC(=O)NC(CC1CCCCC1)c1ccccn1. The molecule has 0 aliphatic heterocycles. The van der Waals surface area contributed by atoms with Crippen molar-refractivity contribution in [3.63, 3.8) is 0 Å². The summed E-state index contributed by atoms with van der Waals surface area (Å²) in [7, 11) is 0. The van der Waals surface area contributed by atoms with E-state index in [0.29, 0.717) is 18.8 Å². The fourth-order valence-corrected chi connectivity index (χ4v) is 6.55. The minimum atomic E-state index is -1.30. The zero-order chi connectivity index (χ0) is 36.6. The lowest BCUT2D eigenvalue weighted by Crippen LogP contribution is -2.54. The van der Waals surface area contributed by atoms with Crippen molar-refractivity contribution in [3.05, 3.63) is 30.1 Å². The summed E-state index contributed by atoms with van der Waals surface area (Å²) in [5, 5.41) is 28.9. The highest BCUT2D eigenvalue weighted by molar-refractivity contribution is 6.02. The van der Waals surface area contributed by atoms with E-state index in [2.05, 4.69) is 25.9 Å². The summed E-state index contributed by atoms with van der Waals surface area (Å²) >= 11 is 0. The molecule has 5 N–H and O–H groups in total. The second-order valence-electron chi connectivity index (χ2n) is 14.8. The third-order valence-corrected chi connectivity index (χ3v) is 9.80. The Morgan fingerprint density at radius 2 is 1.58 bits per heavy atom. The summed E-state index contributed by atoms with van der Waals surface area (Å²) in [6, 6.07) is 3.47. The third-order valence-electron chi connectivity index (χ3n) is 9.80. The van der Waals surface area contributed by atoms with Crippen LogP contribution in [0.3, 0.4) is 0 Å². The molecule has 12 nitrogen and oxygen atoms in total. The lowest BCUT2D eigenvalue weighted by Gasteiger charge is -2.27. The first-order valence-electron chi connectivity index (χ1n) is 18.7. The Morgan fingerprint density at radius 3 is 2.18 bits per heavy atom. The minimum Gasteiger partial charge on any atom is -0.481 e. The van der Waals surface area contributed by atoms with Crippen molar-refractivity contribution in [3.8, 4) is 0 Å². The van der Waals surface area contributed by atoms with Gasteiger partial charge in [-0.15, -0.1) is 0 Å². The van der Waals surface area contributed by atoms with Gasteiger partial charge < -0.3 is 26.2 Å². The number of carboxylic acid groups (broad SMARTS) is 1. The van der Waals surface area contributed by atoms with Crippen molar-refractivity contribution in [1.82, 2.24) is 20.9 Å². The highest BCUT2D eigenvalue weighted by Crippen LogP contribution is 2.34. The van der Waals surface area contributed by atoms with Crippen LogP contribution < -0.4 is 16.0 Å². The van der Waals surface area contributed by atoms with Gasteiger partial charge in [-0.1, -0.05) is 85.1 Å². The van der Waals surface area contributed by atoms with Crippen LogP contribution in [0, 0.1) is 23.7 Å². The van der Waals surface area contributed by atoms with Crippen LogP contribution in [-0.4, -0.2) is 68.7 Å². The van der Waals surface area contributed by atoms with Crippen LogP contribution >= 0.6 is 0 Å². The molecule has 5 atom stereocenters. The van der Waals surface area contributed by atoms with Crippen LogP contribution in [0.2, 0.25) is 0 Å². The summed E-state index contributed by atoms with van der Waals surface area (Å²) in [5.41, 5.74) is 0.972. The van der Waals surface area contributed by atoms with Crippen LogP contribution in [0.25, 0.3) is 0 Å². The van der Waals surface area contributed by atoms with E-state index in [0.717, 1.165) is 37.8 Å². The topological polar surface area (TPSA) is 187 Å². The minimum absolute atomic E-state index is 0.0333. The van der Waals surface area contributed by atoms with Crippen molar-refractivity contribution >= 4 is 35.3 Å². The Labute approximate surface area is 297 Å². The van der Waals surface area contributed by atoms with E-state index in [1.54, 1.807) is 6.20 Å². The van der Waals surface area contributed by atoms with Crippen molar-refractivity contribution in [2.24, 2.45) is 28.7 Å². The van der Waals surface area contributed by atoms with Crippen LogP contribution in [0.4, 0.5) is 0 Å². The van der Waals surface area contributed by atoms with E-state index in [4.69, 9.17) is 5.11 Å². The van der Waals surface area contributed by atoms with Gasteiger partial charge in [0.05, 0.1) is 23.9 Å². The number of rotatable bonds is 21. The number of carbonyl (C=O) groups excluding carboxylic acids is 4. The Balaban J connectivity index is 1.73. The molecule has 3 rings (SSSR count). The van der Waals surface area contributed by atoms with Gasteiger partial charge >= 0.3 is 5.97 Å². The molecular formula is C38H59N5O7. The van der Waals surface area contributed by atoms with Gasteiger partial charge in [0.1, 0.15) is 18.2 Å². The number of aromatic nitrogens is 1. The van der Waals surface area contributed by atoms with Crippen LogP contribution in [0.1, 0.15) is 136 Å². The normalized spacial score (nSPS) is 18.4. The van der Waals surface area contributed by atoms with Gasteiger partial charge in [0, 0.05) is 19.0 Å². The molecule has 1 heterocycles. The van der Waals surface area contributed by atoms with Crippen molar-refractivity contribution < 1.29 is 34.2 Å². The number of carboxylic acids is 1. The highest BCUT2D eigenvalue weighted by Gasteiger charge is 2.34. The molecule has 0 bridgehead atoms. The van der Waals surface area contributed by atoms with Crippen molar-refractivity contribution in [2.75, 3.05) is 0 Å². The lowest BCUT2D eigenvalue weighted by atomic mass is 9.84. The monoisotopic (exact) mass is 697 g/mol. The van der Waals surface area contributed by atoms with E-state index in [1.807, 2.05) is 45.9 Å². The molecule has 2 aliphatic carbocycles. The van der Waals surface area contributed by atoms with E-state index < -0.39 is 41.9 Å². The Morgan fingerprint density at radius 1 is 0.880 bits per heavy atom. The summed E-state index contributed by atoms with van der Waals surface area (Å²) < 4.78 is 0. The lowest BCUT2D eigenvalue weighted by molar-refractivity contribution is -0.137. The zero-order valence-electron chi connectivity index (χ0n) is 30.4. The number of carbonyl (C=O) groups is 5. The molecule has 2 aliphatic rings. The Hall–Kier alpha value is -3.67. The Kier molecular flexibility index (Phi) is 17.0. The molecule has 12 heteroatoms. The molecule has 2 fully saturated rings. The van der Waals surface area contributed by atoms with Gasteiger partial charge in [-0.05, 0) is 61.5 Å². The predicted molar refractivity (Wildman–Crippen MR) is 191 cm³/mol. The fraction of sp³-hybridized carbons (Fsp3) is 0.711. The average Bonchev–Trinajstić information content (AvgIpc) is 3.90.